The second-order valence-electron chi connectivity index (χ2n) is 6.60. The van der Waals surface area contributed by atoms with E-state index in [4.69, 9.17) is 9.84 Å². The minimum Gasteiger partial charge on any atom is -0.486 e. The van der Waals surface area contributed by atoms with Crippen molar-refractivity contribution in [2.24, 2.45) is 0 Å². The van der Waals surface area contributed by atoms with E-state index in [1.165, 1.54) is 6.08 Å². The Hall–Kier alpha value is -2.47. The predicted octanol–water partition coefficient (Wildman–Crippen LogP) is 1.61. The number of amides is 1. The van der Waals surface area contributed by atoms with Crippen molar-refractivity contribution in [2.75, 3.05) is 19.7 Å². The lowest BCUT2D eigenvalue weighted by atomic mass is 9.82. The second-order valence-corrected chi connectivity index (χ2v) is 6.60. The van der Waals surface area contributed by atoms with Crippen molar-refractivity contribution in [1.82, 2.24) is 4.90 Å². The summed E-state index contributed by atoms with van der Waals surface area (Å²) in [5.74, 6) is 0.224. The van der Waals surface area contributed by atoms with E-state index >= 15 is 0 Å². The Morgan fingerprint density at radius 1 is 1.32 bits per heavy atom. The molecule has 0 aliphatic carbocycles. The highest BCUT2D eigenvalue weighted by molar-refractivity contribution is 6.01. The van der Waals surface area contributed by atoms with Gasteiger partial charge >= 0.3 is 0 Å². The first-order valence-electron chi connectivity index (χ1n) is 8.36. The van der Waals surface area contributed by atoms with Gasteiger partial charge in [0.05, 0.1) is 12.0 Å². The van der Waals surface area contributed by atoms with Crippen LogP contribution < -0.4 is 4.74 Å². The summed E-state index contributed by atoms with van der Waals surface area (Å²) in [6, 6.07) is 5.22. The Labute approximate surface area is 146 Å². The molecule has 3 rings (SSSR count). The summed E-state index contributed by atoms with van der Waals surface area (Å²) in [7, 11) is 0. The molecule has 2 aliphatic heterocycles. The van der Waals surface area contributed by atoms with Crippen molar-refractivity contribution >= 4 is 23.5 Å². The lowest BCUT2D eigenvalue weighted by molar-refractivity contribution is -0.132. The summed E-state index contributed by atoms with van der Waals surface area (Å²) in [5, 5.41) is 8.74. The maximum absolute atomic E-state index is 12.6. The summed E-state index contributed by atoms with van der Waals surface area (Å²) >= 11 is 0. The highest BCUT2D eigenvalue weighted by Gasteiger charge is 2.43. The van der Waals surface area contributed by atoms with Gasteiger partial charge in [-0.15, -0.1) is 0 Å². The quantitative estimate of drug-likeness (QED) is 0.843. The van der Waals surface area contributed by atoms with E-state index in [1.54, 1.807) is 36.1 Å². The Morgan fingerprint density at radius 2 is 2.04 bits per heavy atom. The normalized spacial score (nSPS) is 19.0. The highest BCUT2D eigenvalue weighted by Crippen LogP contribution is 2.39. The van der Waals surface area contributed by atoms with Crippen molar-refractivity contribution in [2.45, 2.75) is 31.8 Å². The largest absolute Gasteiger partial charge is 0.486 e. The van der Waals surface area contributed by atoms with E-state index < -0.39 is 18.0 Å². The fourth-order valence-corrected chi connectivity index (χ4v) is 3.37. The van der Waals surface area contributed by atoms with Gasteiger partial charge in [-0.3, -0.25) is 14.4 Å². The third-order valence-electron chi connectivity index (χ3n) is 4.85. The molecule has 2 heterocycles. The molecule has 1 spiro atoms. The number of piperidine rings is 1. The molecule has 1 N–H and O–H groups in total. The molecule has 0 bridgehead atoms. The molecule has 132 valence electrons. The summed E-state index contributed by atoms with van der Waals surface area (Å²) in [5.41, 5.74) is 0.693. The molecule has 0 saturated carbocycles. The molecule has 1 fully saturated rings. The van der Waals surface area contributed by atoms with Crippen LogP contribution in [-0.4, -0.2) is 52.8 Å². The van der Waals surface area contributed by atoms with Crippen molar-refractivity contribution in [1.29, 1.82) is 0 Å². The molecule has 6 nitrogen and oxygen atoms in total. The minimum atomic E-state index is -0.538. The van der Waals surface area contributed by atoms with Crippen molar-refractivity contribution in [3.05, 3.63) is 35.4 Å². The van der Waals surface area contributed by atoms with Gasteiger partial charge in [0, 0.05) is 32.9 Å². The number of hydrogen-bond acceptors (Lipinski definition) is 5. The van der Waals surface area contributed by atoms with Crippen LogP contribution in [0.5, 0.6) is 5.75 Å². The first-order valence-corrected chi connectivity index (χ1v) is 8.36. The molecule has 0 aromatic heterocycles. The van der Waals surface area contributed by atoms with Crippen molar-refractivity contribution < 1.29 is 24.2 Å². The molecule has 1 aromatic rings. The molecule has 0 unspecified atom stereocenters. The van der Waals surface area contributed by atoms with Crippen molar-refractivity contribution in [3.8, 4) is 5.75 Å². The van der Waals surface area contributed by atoms with Crippen LogP contribution in [0, 0.1) is 0 Å². The Balaban J connectivity index is 1.78. The third kappa shape index (κ3) is 3.64. The van der Waals surface area contributed by atoms with Gasteiger partial charge in [-0.25, -0.2) is 0 Å². The van der Waals surface area contributed by atoms with Crippen LogP contribution in [0.25, 0.3) is 6.08 Å². The number of benzene rings is 1. The number of carbonyl (C=O) groups is 3. The zero-order valence-electron chi connectivity index (χ0n) is 14.2. The van der Waals surface area contributed by atoms with Crippen LogP contribution in [0.4, 0.5) is 0 Å². The molecular formula is C19H21NO5. The fourth-order valence-electron chi connectivity index (χ4n) is 3.37. The van der Waals surface area contributed by atoms with E-state index in [0.29, 0.717) is 49.2 Å². The molecule has 0 radical (unpaired) electrons. The smallest absolute Gasteiger partial charge is 0.219 e. The van der Waals surface area contributed by atoms with Crippen molar-refractivity contribution in [3.63, 3.8) is 0 Å². The monoisotopic (exact) mass is 343 g/mol. The number of Topliss-reactive ketones (excluding diaryl/α,β-unsaturated/α-hetero) is 1. The van der Waals surface area contributed by atoms with Crippen LogP contribution in [0.3, 0.4) is 0 Å². The Bertz CT molecular complexity index is 744. The van der Waals surface area contributed by atoms with E-state index in [9.17, 15) is 14.4 Å². The van der Waals surface area contributed by atoms with Gasteiger partial charge in [-0.2, -0.15) is 0 Å². The summed E-state index contributed by atoms with van der Waals surface area (Å²) in [4.78, 5) is 37.0. The lowest BCUT2D eigenvalue weighted by Gasteiger charge is -2.43. The first kappa shape index (κ1) is 17.4. The topological polar surface area (TPSA) is 83.9 Å². The summed E-state index contributed by atoms with van der Waals surface area (Å²) < 4.78 is 6.17. The Kier molecular flexibility index (Phi) is 4.72. The number of hydrogen-bond donors (Lipinski definition) is 1. The average molecular weight is 343 g/mol. The number of fused-ring (bicyclic) bond motifs is 1. The van der Waals surface area contributed by atoms with E-state index in [2.05, 4.69) is 0 Å². The first-order chi connectivity index (χ1) is 11.9. The number of rotatable bonds is 3. The molecule has 25 heavy (non-hydrogen) atoms. The van der Waals surface area contributed by atoms with Crippen LogP contribution in [-0.2, 0) is 9.59 Å². The molecule has 1 aromatic carbocycles. The average Bonchev–Trinajstić information content (AvgIpc) is 2.60. The maximum atomic E-state index is 12.6. The van der Waals surface area contributed by atoms with E-state index in [0.717, 1.165) is 0 Å². The molecule has 2 aliphatic rings. The van der Waals surface area contributed by atoms with Crippen LogP contribution in [0.1, 0.15) is 42.1 Å². The van der Waals surface area contributed by atoms with Crippen LogP contribution in [0.2, 0.25) is 0 Å². The van der Waals surface area contributed by atoms with Gasteiger partial charge in [-0.05, 0) is 23.8 Å². The van der Waals surface area contributed by atoms with Crippen LogP contribution in [0.15, 0.2) is 24.3 Å². The maximum Gasteiger partial charge on any atom is 0.219 e. The minimum absolute atomic E-state index is 0.0151. The standard InChI is InChI=1S/C19H21NO5/c1-13(22)20-8-6-19(7-9-20)11-17(24)16-10-14(2-4-15(23)12-21)3-5-18(16)25-19/h2-5,10,21H,6-9,11-12H2,1H3/b4-2+. The lowest BCUT2D eigenvalue weighted by Crippen LogP contribution is -2.51. The number of aliphatic hydroxyl groups is 1. The van der Waals surface area contributed by atoms with E-state index in [1.807, 2.05) is 0 Å². The molecule has 1 amide bonds. The summed E-state index contributed by atoms with van der Waals surface area (Å²) in [6.45, 7) is 2.21. The number of nitrogens with zero attached hydrogens (tertiary/aromatic N) is 1. The highest BCUT2D eigenvalue weighted by atomic mass is 16.5. The zero-order valence-corrected chi connectivity index (χ0v) is 14.2. The molecule has 6 heteroatoms. The van der Waals surface area contributed by atoms with Gasteiger partial charge in [0.1, 0.15) is 18.0 Å². The van der Waals surface area contributed by atoms with Crippen LogP contribution >= 0.6 is 0 Å². The zero-order chi connectivity index (χ0) is 18.0. The SMILES string of the molecule is CC(=O)N1CCC2(CC1)CC(=O)c1cc(/C=C/C(=O)CO)ccc1O2. The second kappa shape index (κ2) is 6.80. The van der Waals surface area contributed by atoms with E-state index in [-0.39, 0.29) is 11.7 Å². The number of ketones is 2. The molecular weight excluding hydrogens is 322 g/mol. The number of ether oxygens (including phenoxy) is 1. The van der Waals surface area contributed by atoms with Gasteiger partial charge in [-0.1, -0.05) is 12.1 Å². The number of carbonyl (C=O) groups excluding carboxylic acids is 3. The van der Waals surface area contributed by atoms with Gasteiger partial charge in [0.2, 0.25) is 5.91 Å². The molecule has 0 atom stereocenters. The van der Waals surface area contributed by atoms with Gasteiger partial charge in [0.15, 0.2) is 11.6 Å². The Morgan fingerprint density at radius 3 is 2.68 bits per heavy atom. The number of aliphatic hydroxyl groups excluding tert-OH is 1. The summed E-state index contributed by atoms with van der Waals surface area (Å²) in [6.07, 6.45) is 4.44. The third-order valence-corrected chi connectivity index (χ3v) is 4.85. The number of likely N-dealkylation sites (tertiary alicyclic amines) is 1. The van der Waals surface area contributed by atoms with Gasteiger partial charge < -0.3 is 14.7 Å². The fraction of sp³-hybridized carbons (Fsp3) is 0.421. The van der Waals surface area contributed by atoms with Gasteiger partial charge in [0.25, 0.3) is 0 Å². The molecule has 1 saturated heterocycles. The predicted molar refractivity (Wildman–Crippen MR) is 91.4 cm³/mol.